The predicted octanol–water partition coefficient (Wildman–Crippen LogP) is 2.29. The van der Waals surface area contributed by atoms with Crippen LogP contribution in [0.1, 0.15) is 25.8 Å². The van der Waals surface area contributed by atoms with Crippen LogP contribution in [-0.2, 0) is 11.3 Å². The number of benzene rings is 1. The molecule has 0 amide bonds. The highest BCUT2D eigenvalue weighted by Crippen LogP contribution is 2.27. The summed E-state index contributed by atoms with van der Waals surface area (Å²) in [5.41, 5.74) is 0.956. The maximum absolute atomic E-state index is 11.2. The van der Waals surface area contributed by atoms with Crippen molar-refractivity contribution in [2.24, 2.45) is 5.92 Å². The first-order valence-corrected chi connectivity index (χ1v) is 6.65. The molecule has 0 aromatic heterocycles. The monoisotopic (exact) mass is 281 g/mol. The van der Waals surface area contributed by atoms with Crippen LogP contribution in [0, 0.1) is 5.92 Å². The third-order valence-electron chi connectivity index (χ3n) is 3.01. The fourth-order valence-electron chi connectivity index (χ4n) is 1.97. The van der Waals surface area contributed by atoms with E-state index >= 15 is 0 Å². The summed E-state index contributed by atoms with van der Waals surface area (Å²) in [5, 5.41) is 12.2. The van der Waals surface area contributed by atoms with Gasteiger partial charge in [0.1, 0.15) is 6.04 Å². The lowest BCUT2D eigenvalue weighted by molar-refractivity contribution is -0.140. The van der Waals surface area contributed by atoms with Crippen molar-refractivity contribution >= 4 is 5.97 Å². The van der Waals surface area contributed by atoms with Crippen LogP contribution < -0.4 is 14.8 Å². The van der Waals surface area contributed by atoms with Crippen molar-refractivity contribution in [2.75, 3.05) is 14.2 Å². The van der Waals surface area contributed by atoms with Gasteiger partial charge >= 0.3 is 5.97 Å². The highest BCUT2D eigenvalue weighted by Gasteiger charge is 2.18. The molecule has 0 aliphatic carbocycles. The van der Waals surface area contributed by atoms with Crippen LogP contribution in [-0.4, -0.2) is 31.3 Å². The molecule has 0 aliphatic heterocycles. The molecule has 112 valence electrons. The second kappa shape index (κ2) is 7.75. The van der Waals surface area contributed by atoms with Gasteiger partial charge < -0.3 is 19.9 Å². The highest BCUT2D eigenvalue weighted by molar-refractivity contribution is 5.73. The summed E-state index contributed by atoms with van der Waals surface area (Å²) in [4.78, 5) is 11.2. The zero-order valence-electron chi connectivity index (χ0n) is 12.5. The normalized spacial score (nSPS) is 12.2. The number of carboxylic acid groups (broad SMARTS) is 1. The molecule has 1 aromatic rings. The molecule has 0 radical (unpaired) electrons. The maximum Gasteiger partial charge on any atom is 0.320 e. The van der Waals surface area contributed by atoms with E-state index in [9.17, 15) is 9.90 Å². The van der Waals surface area contributed by atoms with Gasteiger partial charge in [-0.3, -0.25) is 4.79 Å². The Bertz CT molecular complexity index is 445. The number of carbonyl (C=O) groups is 1. The molecule has 0 saturated heterocycles. The first kappa shape index (κ1) is 16.3. The number of methoxy groups -OCH3 is 2. The first-order chi connectivity index (χ1) is 9.47. The summed E-state index contributed by atoms with van der Waals surface area (Å²) >= 11 is 0. The topological polar surface area (TPSA) is 67.8 Å². The fourth-order valence-corrected chi connectivity index (χ4v) is 1.97. The van der Waals surface area contributed by atoms with Crippen molar-refractivity contribution in [3.8, 4) is 11.5 Å². The van der Waals surface area contributed by atoms with E-state index in [4.69, 9.17) is 9.47 Å². The van der Waals surface area contributed by atoms with Gasteiger partial charge in [-0.05, 0) is 30.0 Å². The van der Waals surface area contributed by atoms with E-state index < -0.39 is 12.0 Å². The molecule has 0 spiro atoms. The van der Waals surface area contributed by atoms with Crippen LogP contribution in [0.25, 0.3) is 0 Å². The summed E-state index contributed by atoms with van der Waals surface area (Å²) in [6.45, 7) is 4.49. The van der Waals surface area contributed by atoms with Gasteiger partial charge in [0.05, 0.1) is 14.2 Å². The minimum absolute atomic E-state index is 0.328. The number of ether oxygens (including phenoxy) is 2. The Kier molecular flexibility index (Phi) is 6.31. The van der Waals surface area contributed by atoms with Gasteiger partial charge in [-0.25, -0.2) is 0 Å². The minimum atomic E-state index is -0.820. The summed E-state index contributed by atoms with van der Waals surface area (Å²) in [5.74, 6) is 0.809. The van der Waals surface area contributed by atoms with Gasteiger partial charge in [0.25, 0.3) is 0 Å². The third-order valence-corrected chi connectivity index (χ3v) is 3.01. The first-order valence-electron chi connectivity index (χ1n) is 6.65. The Morgan fingerprint density at radius 1 is 1.25 bits per heavy atom. The van der Waals surface area contributed by atoms with Crippen molar-refractivity contribution in [1.82, 2.24) is 5.32 Å². The van der Waals surface area contributed by atoms with Gasteiger partial charge in [0.2, 0.25) is 0 Å². The standard InChI is InChI=1S/C15H23NO4/c1-10(2)7-12(15(17)18)16-9-11-5-6-13(19-3)14(8-11)20-4/h5-6,8,10,12,16H,7,9H2,1-4H3,(H,17,18)/t12-/m0/s1. The van der Waals surface area contributed by atoms with Gasteiger partial charge in [-0.1, -0.05) is 19.9 Å². The van der Waals surface area contributed by atoms with Crippen LogP contribution >= 0.6 is 0 Å². The van der Waals surface area contributed by atoms with E-state index in [1.54, 1.807) is 14.2 Å². The molecule has 2 N–H and O–H groups in total. The molecule has 5 heteroatoms. The van der Waals surface area contributed by atoms with E-state index in [2.05, 4.69) is 5.32 Å². The molecular formula is C15H23NO4. The maximum atomic E-state index is 11.2. The van der Waals surface area contributed by atoms with Gasteiger partial charge in [0.15, 0.2) is 11.5 Å². The zero-order chi connectivity index (χ0) is 15.1. The van der Waals surface area contributed by atoms with Crippen LogP contribution in [0.15, 0.2) is 18.2 Å². The quantitative estimate of drug-likeness (QED) is 0.765. The average Bonchev–Trinajstić information content (AvgIpc) is 2.42. The molecule has 20 heavy (non-hydrogen) atoms. The smallest absolute Gasteiger partial charge is 0.320 e. The molecule has 0 fully saturated rings. The number of carboxylic acids is 1. The zero-order valence-corrected chi connectivity index (χ0v) is 12.5. The van der Waals surface area contributed by atoms with Crippen LogP contribution in [0.2, 0.25) is 0 Å². The van der Waals surface area contributed by atoms with Crippen molar-refractivity contribution in [2.45, 2.75) is 32.9 Å². The third kappa shape index (κ3) is 4.74. The minimum Gasteiger partial charge on any atom is -0.493 e. The van der Waals surface area contributed by atoms with Gasteiger partial charge in [-0.2, -0.15) is 0 Å². The highest BCUT2D eigenvalue weighted by atomic mass is 16.5. The Balaban J connectivity index is 2.70. The van der Waals surface area contributed by atoms with Gasteiger partial charge in [-0.15, -0.1) is 0 Å². The molecule has 0 bridgehead atoms. The number of hydrogen-bond acceptors (Lipinski definition) is 4. The molecule has 0 saturated carbocycles. The van der Waals surface area contributed by atoms with E-state index in [1.807, 2.05) is 32.0 Å². The lowest BCUT2D eigenvalue weighted by atomic mass is 10.0. The molecule has 0 unspecified atom stereocenters. The molecular weight excluding hydrogens is 258 g/mol. The van der Waals surface area contributed by atoms with Gasteiger partial charge in [0, 0.05) is 6.54 Å². The lowest BCUT2D eigenvalue weighted by Crippen LogP contribution is -2.37. The van der Waals surface area contributed by atoms with Crippen LogP contribution in [0.4, 0.5) is 0 Å². The second-order valence-corrected chi connectivity index (χ2v) is 5.09. The SMILES string of the molecule is COc1ccc(CN[C@@H](CC(C)C)C(=O)O)cc1OC. The number of hydrogen-bond donors (Lipinski definition) is 2. The molecule has 0 heterocycles. The van der Waals surface area contributed by atoms with E-state index in [1.165, 1.54) is 0 Å². The second-order valence-electron chi connectivity index (χ2n) is 5.09. The fraction of sp³-hybridized carbons (Fsp3) is 0.533. The number of rotatable bonds is 8. The Morgan fingerprint density at radius 2 is 1.90 bits per heavy atom. The van der Waals surface area contributed by atoms with Crippen molar-refractivity contribution in [1.29, 1.82) is 0 Å². The number of aliphatic carboxylic acids is 1. The summed E-state index contributed by atoms with van der Waals surface area (Å²) in [6, 6.07) is 5.01. The average molecular weight is 281 g/mol. The summed E-state index contributed by atoms with van der Waals surface area (Å²) in [7, 11) is 3.16. The van der Waals surface area contributed by atoms with E-state index in [0.29, 0.717) is 30.4 Å². The van der Waals surface area contributed by atoms with Crippen LogP contribution in [0.5, 0.6) is 11.5 Å². The lowest BCUT2D eigenvalue weighted by Gasteiger charge is -2.17. The Morgan fingerprint density at radius 3 is 2.40 bits per heavy atom. The predicted molar refractivity (Wildman–Crippen MR) is 77.3 cm³/mol. The van der Waals surface area contributed by atoms with E-state index in [-0.39, 0.29) is 0 Å². The van der Waals surface area contributed by atoms with Crippen molar-refractivity contribution < 1.29 is 19.4 Å². The van der Waals surface area contributed by atoms with E-state index in [0.717, 1.165) is 5.56 Å². The van der Waals surface area contributed by atoms with Crippen molar-refractivity contribution in [3.63, 3.8) is 0 Å². The molecule has 1 atom stereocenters. The van der Waals surface area contributed by atoms with Crippen LogP contribution in [0.3, 0.4) is 0 Å². The molecule has 1 rings (SSSR count). The number of nitrogens with one attached hydrogen (secondary N) is 1. The Hall–Kier alpha value is -1.75. The Labute approximate surface area is 119 Å². The summed E-state index contributed by atoms with van der Waals surface area (Å²) in [6.07, 6.45) is 0.600. The van der Waals surface area contributed by atoms with Crippen molar-refractivity contribution in [3.05, 3.63) is 23.8 Å². The molecule has 5 nitrogen and oxygen atoms in total. The summed E-state index contributed by atoms with van der Waals surface area (Å²) < 4.78 is 10.4. The molecule has 1 aromatic carbocycles. The largest absolute Gasteiger partial charge is 0.493 e. The molecule has 0 aliphatic rings.